The number of aryl methyl sites for hydroxylation is 1. The Morgan fingerprint density at radius 3 is 2.90 bits per heavy atom. The van der Waals surface area contributed by atoms with E-state index in [0.29, 0.717) is 12.5 Å². The molecule has 1 aliphatic heterocycles. The van der Waals surface area contributed by atoms with Crippen molar-refractivity contribution in [1.29, 1.82) is 0 Å². The molecule has 0 spiro atoms. The van der Waals surface area contributed by atoms with Gasteiger partial charge in [0.15, 0.2) is 0 Å². The lowest BCUT2D eigenvalue weighted by Gasteiger charge is -2.37. The minimum atomic E-state index is -0.721. The molecule has 5 nitrogen and oxygen atoms in total. The molecule has 5 heteroatoms. The maximum absolute atomic E-state index is 12.6. The maximum atomic E-state index is 12.6. The van der Waals surface area contributed by atoms with Crippen LogP contribution in [0, 0.1) is 12.8 Å². The van der Waals surface area contributed by atoms with E-state index in [1.807, 2.05) is 45.0 Å². The number of carbonyl (C=O) groups is 1. The molecule has 1 amide bonds. The Bertz CT molecular complexity index is 482. The van der Waals surface area contributed by atoms with E-state index < -0.39 is 5.60 Å². The van der Waals surface area contributed by atoms with Crippen molar-refractivity contribution >= 4 is 5.91 Å². The largest absolute Gasteiger partial charge is 0.366 e. The second-order valence-corrected chi connectivity index (χ2v) is 6.33. The fourth-order valence-corrected chi connectivity index (χ4v) is 3.08. The lowest BCUT2D eigenvalue weighted by Crippen LogP contribution is -2.51. The standard InChI is InChI=1S/C16H27N3O2/c1-5-21-16(3,4)15(20)19-9-6-7-14(12-19)11-18-10-8-17-13(18)2/h8,10,14H,5-7,9,11-12H2,1-4H3/t14-/m0/s1. The van der Waals surface area contributed by atoms with Crippen LogP contribution < -0.4 is 0 Å². The molecule has 2 rings (SSSR count). The number of rotatable bonds is 5. The third-order valence-corrected chi connectivity index (χ3v) is 4.20. The molecule has 0 N–H and O–H groups in total. The number of nitrogens with zero attached hydrogens (tertiary/aromatic N) is 3. The van der Waals surface area contributed by atoms with Gasteiger partial charge in [0.2, 0.25) is 0 Å². The maximum Gasteiger partial charge on any atom is 0.254 e. The predicted molar refractivity (Wildman–Crippen MR) is 82.0 cm³/mol. The van der Waals surface area contributed by atoms with Crippen LogP contribution in [0.15, 0.2) is 12.4 Å². The van der Waals surface area contributed by atoms with Gasteiger partial charge in [-0.15, -0.1) is 0 Å². The topological polar surface area (TPSA) is 47.4 Å². The Labute approximate surface area is 127 Å². The van der Waals surface area contributed by atoms with Gasteiger partial charge in [-0.1, -0.05) is 0 Å². The highest BCUT2D eigenvalue weighted by molar-refractivity contribution is 5.84. The summed E-state index contributed by atoms with van der Waals surface area (Å²) in [4.78, 5) is 18.8. The smallest absolute Gasteiger partial charge is 0.254 e. The van der Waals surface area contributed by atoms with Crippen LogP contribution in [0.5, 0.6) is 0 Å². The zero-order chi connectivity index (χ0) is 15.5. The molecule has 0 saturated carbocycles. The first-order chi connectivity index (χ1) is 9.94. The van der Waals surface area contributed by atoms with Crippen molar-refractivity contribution in [3.05, 3.63) is 18.2 Å². The molecule has 118 valence electrons. The van der Waals surface area contributed by atoms with Crippen molar-refractivity contribution in [3.8, 4) is 0 Å². The van der Waals surface area contributed by atoms with E-state index >= 15 is 0 Å². The van der Waals surface area contributed by atoms with Crippen molar-refractivity contribution in [3.63, 3.8) is 0 Å². The van der Waals surface area contributed by atoms with Crippen LogP contribution in [0.3, 0.4) is 0 Å². The van der Waals surface area contributed by atoms with Crippen LogP contribution in [-0.4, -0.2) is 45.7 Å². The number of carbonyl (C=O) groups excluding carboxylic acids is 1. The van der Waals surface area contributed by atoms with Crippen LogP contribution in [0.25, 0.3) is 0 Å². The Balaban J connectivity index is 1.97. The summed E-state index contributed by atoms with van der Waals surface area (Å²) in [6, 6.07) is 0. The molecule has 21 heavy (non-hydrogen) atoms. The average Bonchev–Trinajstić information content (AvgIpc) is 2.84. The van der Waals surface area contributed by atoms with Gasteiger partial charge in [-0.2, -0.15) is 0 Å². The third kappa shape index (κ3) is 3.84. The number of aromatic nitrogens is 2. The van der Waals surface area contributed by atoms with Gasteiger partial charge in [-0.3, -0.25) is 4.79 Å². The predicted octanol–water partition coefficient (Wildman–Crippen LogP) is 2.25. The first-order valence-electron chi connectivity index (χ1n) is 7.85. The van der Waals surface area contributed by atoms with Gasteiger partial charge in [0.1, 0.15) is 11.4 Å². The summed E-state index contributed by atoms with van der Waals surface area (Å²) in [5.41, 5.74) is -0.721. The molecule has 1 aliphatic rings. The van der Waals surface area contributed by atoms with Crippen molar-refractivity contribution in [2.75, 3.05) is 19.7 Å². The number of amides is 1. The van der Waals surface area contributed by atoms with Crippen LogP contribution in [0.1, 0.15) is 39.4 Å². The number of likely N-dealkylation sites (tertiary alicyclic amines) is 1. The van der Waals surface area contributed by atoms with Crippen LogP contribution in [0.4, 0.5) is 0 Å². The highest BCUT2D eigenvalue weighted by atomic mass is 16.5. The summed E-state index contributed by atoms with van der Waals surface area (Å²) in [6.45, 7) is 10.8. The van der Waals surface area contributed by atoms with Crippen molar-refractivity contribution in [1.82, 2.24) is 14.5 Å². The van der Waals surface area contributed by atoms with Gasteiger partial charge < -0.3 is 14.2 Å². The zero-order valence-electron chi connectivity index (χ0n) is 13.6. The number of hydrogen-bond acceptors (Lipinski definition) is 3. The summed E-state index contributed by atoms with van der Waals surface area (Å²) < 4.78 is 7.77. The molecule has 0 aliphatic carbocycles. The Morgan fingerprint density at radius 2 is 2.29 bits per heavy atom. The Morgan fingerprint density at radius 1 is 1.52 bits per heavy atom. The molecule has 1 atom stereocenters. The Kier molecular flexibility index (Phi) is 5.04. The highest BCUT2D eigenvalue weighted by Crippen LogP contribution is 2.23. The normalized spacial score (nSPS) is 19.8. The fourth-order valence-electron chi connectivity index (χ4n) is 3.08. The molecule has 2 heterocycles. The van der Waals surface area contributed by atoms with Crippen molar-refractivity contribution < 1.29 is 9.53 Å². The van der Waals surface area contributed by atoms with Crippen LogP contribution in [-0.2, 0) is 16.1 Å². The van der Waals surface area contributed by atoms with Gasteiger partial charge >= 0.3 is 0 Å². The SMILES string of the molecule is CCOC(C)(C)C(=O)N1CCC[C@@H](Cn2ccnc2C)C1. The minimum absolute atomic E-state index is 0.108. The second-order valence-electron chi connectivity index (χ2n) is 6.33. The van der Waals surface area contributed by atoms with Gasteiger partial charge in [-0.05, 0) is 46.5 Å². The summed E-state index contributed by atoms with van der Waals surface area (Å²) in [7, 11) is 0. The molecule has 0 aromatic carbocycles. The third-order valence-electron chi connectivity index (χ3n) is 4.20. The van der Waals surface area contributed by atoms with E-state index in [2.05, 4.69) is 9.55 Å². The number of hydrogen-bond donors (Lipinski definition) is 0. The lowest BCUT2D eigenvalue weighted by atomic mass is 9.96. The van der Waals surface area contributed by atoms with Crippen molar-refractivity contribution in [2.45, 2.75) is 52.7 Å². The summed E-state index contributed by atoms with van der Waals surface area (Å²) in [6.07, 6.45) is 6.07. The first-order valence-corrected chi connectivity index (χ1v) is 7.85. The number of ether oxygens (including phenoxy) is 1. The molecule has 1 aromatic rings. The highest BCUT2D eigenvalue weighted by Gasteiger charge is 2.35. The molecule has 0 bridgehead atoms. The summed E-state index contributed by atoms with van der Waals surface area (Å²) >= 11 is 0. The molecule has 0 radical (unpaired) electrons. The van der Waals surface area contributed by atoms with E-state index in [-0.39, 0.29) is 5.91 Å². The zero-order valence-corrected chi connectivity index (χ0v) is 13.6. The molecule has 0 unspecified atom stereocenters. The molecule has 1 saturated heterocycles. The first kappa shape index (κ1) is 16.0. The van der Waals surface area contributed by atoms with Crippen molar-refractivity contribution in [2.24, 2.45) is 5.92 Å². The fraction of sp³-hybridized carbons (Fsp3) is 0.750. The van der Waals surface area contributed by atoms with Crippen LogP contribution in [0.2, 0.25) is 0 Å². The Hall–Kier alpha value is -1.36. The van der Waals surface area contributed by atoms with Gasteiger partial charge in [0.05, 0.1) is 0 Å². The number of imidazole rings is 1. The quantitative estimate of drug-likeness (QED) is 0.836. The average molecular weight is 293 g/mol. The lowest BCUT2D eigenvalue weighted by molar-refractivity contribution is -0.155. The van der Waals surface area contributed by atoms with E-state index in [0.717, 1.165) is 38.3 Å². The van der Waals surface area contributed by atoms with E-state index in [1.165, 1.54) is 0 Å². The van der Waals surface area contributed by atoms with Gasteiger partial charge in [0, 0.05) is 38.6 Å². The van der Waals surface area contributed by atoms with E-state index in [1.54, 1.807) is 0 Å². The van der Waals surface area contributed by atoms with Gasteiger partial charge in [0.25, 0.3) is 5.91 Å². The molecule has 1 fully saturated rings. The molecule has 1 aromatic heterocycles. The van der Waals surface area contributed by atoms with E-state index in [9.17, 15) is 4.79 Å². The minimum Gasteiger partial charge on any atom is -0.366 e. The van der Waals surface area contributed by atoms with Gasteiger partial charge in [-0.25, -0.2) is 4.98 Å². The summed E-state index contributed by atoms with van der Waals surface area (Å²) in [5, 5.41) is 0. The molecular formula is C16H27N3O2. The number of piperidine rings is 1. The summed E-state index contributed by atoms with van der Waals surface area (Å²) in [5.74, 6) is 1.64. The van der Waals surface area contributed by atoms with E-state index in [4.69, 9.17) is 4.74 Å². The molecular weight excluding hydrogens is 266 g/mol. The monoisotopic (exact) mass is 293 g/mol. The van der Waals surface area contributed by atoms with Crippen LogP contribution >= 0.6 is 0 Å². The second kappa shape index (κ2) is 6.60.